The monoisotopic (exact) mass is 559 g/mol. The van der Waals surface area contributed by atoms with E-state index in [9.17, 15) is 0 Å². The third-order valence-electron chi connectivity index (χ3n) is 7.04. The molecule has 0 saturated carbocycles. The first-order chi connectivity index (χ1) is 19.8. The second-order valence-corrected chi connectivity index (χ2v) is 10.7. The van der Waals surface area contributed by atoms with Gasteiger partial charge in [0.1, 0.15) is 11.6 Å². The van der Waals surface area contributed by atoms with Gasteiger partial charge in [-0.15, -0.1) is 10.2 Å². The minimum absolute atomic E-state index is 0.568. The molecule has 0 aliphatic heterocycles. The van der Waals surface area contributed by atoms with E-state index in [1.165, 1.54) is 21.8 Å². The molecule has 7 nitrogen and oxygen atoms in total. The molecule has 7 rings (SSSR count). The zero-order valence-corrected chi connectivity index (χ0v) is 23.1. The number of nitrogens with zero attached hydrogens (tertiary/aromatic N) is 6. The average Bonchev–Trinajstić information content (AvgIpc) is 3.69. The molecule has 7 aromatic rings. The molecule has 0 fully saturated rings. The third-order valence-corrected chi connectivity index (χ3v) is 8.24. The molecular weight excluding hydrogens is 535 g/mol. The van der Waals surface area contributed by atoms with Gasteiger partial charge in [-0.3, -0.25) is 14.2 Å². The van der Waals surface area contributed by atoms with Crippen molar-refractivity contribution in [1.29, 1.82) is 0 Å². The van der Waals surface area contributed by atoms with Gasteiger partial charge in [0.05, 0.1) is 5.75 Å². The van der Waals surface area contributed by atoms with Crippen LogP contribution in [0.3, 0.4) is 0 Å². The van der Waals surface area contributed by atoms with Crippen LogP contribution in [0.2, 0.25) is 0 Å². The number of aryl methyl sites for hydroxylation is 2. The number of thioether (sulfide) groups is 1. The summed E-state index contributed by atoms with van der Waals surface area (Å²) in [6, 6.07) is 37.5. The summed E-state index contributed by atoms with van der Waals surface area (Å²) in [7, 11) is 0. The van der Waals surface area contributed by atoms with Crippen molar-refractivity contribution in [2.24, 2.45) is 0 Å². The molecule has 0 unspecified atom stereocenters. The highest BCUT2D eigenvalue weighted by Gasteiger charge is 2.18. The number of aromatic amines is 1. The molecule has 1 N–H and O–H groups in total. The highest BCUT2D eigenvalue weighted by Crippen LogP contribution is 2.30. The number of hydrogen-bond donors (Lipinski definition) is 1. The van der Waals surface area contributed by atoms with Crippen molar-refractivity contribution in [2.75, 3.05) is 0 Å². The lowest BCUT2D eigenvalue weighted by Gasteiger charge is -2.12. The van der Waals surface area contributed by atoms with E-state index in [4.69, 9.17) is 12.2 Å². The molecule has 40 heavy (non-hydrogen) atoms. The minimum Gasteiger partial charge on any atom is -0.340 e. The standard InChI is InChI=1S/C31H25N7S2/c39-30-34-33-29(37(30)22-11-3-1-4-12-22)21-40-31-35-32-28(38(31)23-13-5-2-6-14-23)19-20-36-26-17-9-7-15-24(26)25-16-8-10-18-27(25)36/h1-18H,19-21H2,(H,34,39). The molecule has 3 aromatic heterocycles. The fraction of sp³-hybridized carbons (Fsp3) is 0.0968. The predicted molar refractivity (Wildman–Crippen MR) is 163 cm³/mol. The summed E-state index contributed by atoms with van der Waals surface area (Å²) in [6.07, 6.45) is 0.730. The number of nitrogens with one attached hydrogen (secondary N) is 1. The van der Waals surface area contributed by atoms with Gasteiger partial charge in [0, 0.05) is 46.1 Å². The third kappa shape index (κ3) is 4.43. The van der Waals surface area contributed by atoms with Gasteiger partial charge in [-0.25, -0.2) is 0 Å². The van der Waals surface area contributed by atoms with E-state index in [1.54, 1.807) is 11.8 Å². The largest absolute Gasteiger partial charge is 0.340 e. The number of hydrogen-bond acceptors (Lipinski definition) is 5. The fourth-order valence-corrected chi connectivity index (χ4v) is 6.39. The Morgan fingerprint density at radius 2 is 1.23 bits per heavy atom. The average molecular weight is 560 g/mol. The van der Waals surface area contributed by atoms with Crippen LogP contribution in [0.1, 0.15) is 11.6 Å². The fourth-order valence-electron chi connectivity index (χ4n) is 5.25. The van der Waals surface area contributed by atoms with Crippen molar-refractivity contribution in [1.82, 2.24) is 34.1 Å². The van der Waals surface area contributed by atoms with Crippen LogP contribution in [0, 0.1) is 4.77 Å². The second kappa shape index (κ2) is 10.6. The van der Waals surface area contributed by atoms with Crippen LogP contribution in [-0.4, -0.2) is 34.1 Å². The molecule has 0 spiro atoms. The highest BCUT2D eigenvalue weighted by atomic mass is 32.2. The van der Waals surface area contributed by atoms with Gasteiger partial charge >= 0.3 is 0 Å². The minimum atomic E-state index is 0.568. The summed E-state index contributed by atoms with van der Waals surface area (Å²) >= 11 is 7.13. The topological polar surface area (TPSA) is 69.2 Å². The van der Waals surface area contributed by atoms with Crippen molar-refractivity contribution < 1.29 is 0 Å². The van der Waals surface area contributed by atoms with Crippen LogP contribution in [0.5, 0.6) is 0 Å². The normalized spacial score (nSPS) is 11.5. The van der Waals surface area contributed by atoms with Crippen LogP contribution in [0.15, 0.2) is 114 Å². The summed E-state index contributed by atoms with van der Waals surface area (Å²) in [4.78, 5) is 0. The Kier molecular flexibility index (Phi) is 6.51. The van der Waals surface area contributed by atoms with E-state index in [2.05, 4.69) is 90.2 Å². The lowest BCUT2D eigenvalue weighted by atomic mass is 10.2. The first-order valence-electron chi connectivity index (χ1n) is 13.1. The molecule has 3 heterocycles. The Bertz CT molecular complexity index is 1930. The molecule has 4 aromatic carbocycles. The maximum atomic E-state index is 5.53. The maximum absolute atomic E-state index is 5.53. The Morgan fingerprint density at radius 3 is 1.88 bits per heavy atom. The molecule has 0 atom stereocenters. The van der Waals surface area contributed by atoms with Gasteiger partial charge in [0.2, 0.25) is 0 Å². The second-order valence-electron chi connectivity index (χ2n) is 9.41. The van der Waals surface area contributed by atoms with Crippen molar-refractivity contribution in [3.05, 3.63) is 126 Å². The molecule has 0 aliphatic carbocycles. The van der Waals surface area contributed by atoms with Crippen LogP contribution in [-0.2, 0) is 18.7 Å². The van der Waals surface area contributed by atoms with Crippen LogP contribution < -0.4 is 0 Å². The quantitative estimate of drug-likeness (QED) is 0.158. The summed E-state index contributed by atoms with van der Waals surface area (Å²) in [5.74, 6) is 2.33. The molecule has 9 heteroatoms. The molecule has 0 amide bonds. The first-order valence-corrected chi connectivity index (χ1v) is 14.5. The Hall–Kier alpha value is -4.47. The molecule has 0 saturated heterocycles. The molecule has 0 bridgehead atoms. The number of benzene rings is 4. The number of fused-ring (bicyclic) bond motifs is 3. The molecular formula is C31H25N7S2. The van der Waals surface area contributed by atoms with Gasteiger partial charge in [-0.05, 0) is 48.6 Å². The van der Waals surface area contributed by atoms with Crippen LogP contribution >= 0.6 is 24.0 Å². The van der Waals surface area contributed by atoms with Crippen LogP contribution in [0.25, 0.3) is 33.2 Å². The van der Waals surface area contributed by atoms with E-state index < -0.39 is 0 Å². The van der Waals surface area contributed by atoms with Gasteiger partial charge in [0.25, 0.3) is 0 Å². The van der Waals surface area contributed by atoms with E-state index in [0.29, 0.717) is 10.5 Å². The smallest absolute Gasteiger partial charge is 0.199 e. The summed E-state index contributed by atoms with van der Waals surface area (Å²) in [6.45, 7) is 0.788. The van der Waals surface area contributed by atoms with Gasteiger partial charge in [0.15, 0.2) is 9.93 Å². The molecule has 0 aliphatic rings. The van der Waals surface area contributed by atoms with E-state index in [-0.39, 0.29) is 0 Å². The van der Waals surface area contributed by atoms with E-state index in [1.807, 2.05) is 53.1 Å². The predicted octanol–water partition coefficient (Wildman–Crippen LogP) is 7.15. The molecule has 196 valence electrons. The SMILES string of the molecule is S=c1[nH]nc(CSc2nnc(CCn3c4ccccc4c4ccccc43)n2-c2ccccc2)n1-c1ccccc1. The van der Waals surface area contributed by atoms with E-state index in [0.717, 1.165) is 41.1 Å². The van der Waals surface area contributed by atoms with Crippen molar-refractivity contribution in [2.45, 2.75) is 23.9 Å². The number of aromatic nitrogens is 7. The summed E-state index contributed by atoms with van der Waals surface area (Å²) in [5.41, 5.74) is 4.47. The van der Waals surface area contributed by atoms with E-state index >= 15 is 0 Å². The van der Waals surface area contributed by atoms with Gasteiger partial charge in [-0.1, -0.05) is 84.6 Å². The summed E-state index contributed by atoms with van der Waals surface area (Å²) in [5, 5.41) is 20.1. The molecule has 0 radical (unpaired) electrons. The van der Waals surface area contributed by atoms with Crippen molar-refractivity contribution >= 4 is 45.8 Å². The van der Waals surface area contributed by atoms with Crippen molar-refractivity contribution in [3.8, 4) is 11.4 Å². The number of rotatable bonds is 8. The highest BCUT2D eigenvalue weighted by molar-refractivity contribution is 7.98. The zero-order chi connectivity index (χ0) is 26.9. The lowest BCUT2D eigenvalue weighted by molar-refractivity contribution is 0.692. The lowest BCUT2D eigenvalue weighted by Crippen LogP contribution is -2.08. The Labute approximate surface area is 240 Å². The summed E-state index contributed by atoms with van der Waals surface area (Å²) < 4.78 is 7.08. The van der Waals surface area contributed by atoms with Gasteiger partial charge in [-0.2, -0.15) is 5.10 Å². The van der Waals surface area contributed by atoms with Crippen molar-refractivity contribution in [3.63, 3.8) is 0 Å². The maximum Gasteiger partial charge on any atom is 0.199 e. The number of H-pyrrole nitrogens is 1. The zero-order valence-electron chi connectivity index (χ0n) is 21.5. The van der Waals surface area contributed by atoms with Crippen LogP contribution in [0.4, 0.5) is 0 Å². The van der Waals surface area contributed by atoms with Gasteiger partial charge < -0.3 is 4.57 Å². The number of para-hydroxylation sites is 4. The first kappa shape index (κ1) is 24.6. The Balaban J connectivity index is 1.22. The Morgan fingerprint density at radius 1 is 0.650 bits per heavy atom.